The summed E-state index contributed by atoms with van der Waals surface area (Å²) in [4.78, 5) is 21.1. The summed E-state index contributed by atoms with van der Waals surface area (Å²) in [5.41, 5.74) is 7.02. The van der Waals surface area contributed by atoms with Crippen molar-refractivity contribution in [2.45, 2.75) is 45.3 Å². The molecule has 1 aromatic heterocycles. The Bertz CT molecular complexity index is 491. The molecule has 0 radical (unpaired) electrons. The van der Waals surface area contributed by atoms with E-state index in [2.05, 4.69) is 23.7 Å². The Labute approximate surface area is 151 Å². The molecule has 0 saturated carbocycles. The Morgan fingerprint density at radius 1 is 1.39 bits per heavy atom. The summed E-state index contributed by atoms with van der Waals surface area (Å²) >= 11 is 0. The molecule has 0 bridgehead atoms. The van der Waals surface area contributed by atoms with E-state index in [1.807, 2.05) is 11.9 Å². The van der Waals surface area contributed by atoms with Crippen molar-refractivity contribution in [2.24, 2.45) is 5.73 Å². The molecule has 1 fully saturated rings. The van der Waals surface area contributed by atoms with E-state index < -0.39 is 0 Å². The average molecular weight is 363 g/mol. The Morgan fingerprint density at radius 2 is 2.00 bits per heavy atom. The van der Waals surface area contributed by atoms with Gasteiger partial charge in [0.15, 0.2) is 0 Å². The van der Waals surface area contributed by atoms with Crippen LogP contribution in [-0.2, 0) is 6.54 Å². The molecule has 23 heavy (non-hydrogen) atoms. The number of piperidine rings is 1. The van der Waals surface area contributed by atoms with Crippen molar-refractivity contribution in [3.8, 4) is 0 Å². The Balaban J connectivity index is 0.00000242. The van der Waals surface area contributed by atoms with E-state index in [-0.39, 0.29) is 30.7 Å². The molecular weight excluding hydrogens is 335 g/mol. The predicted octanol–water partition coefficient (Wildman–Crippen LogP) is 2.33. The highest BCUT2D eigenvalue weighted by atomic mass is 35.5. The number of aromatic nitrogens is 1. The number of hydrogen-bond donors (Lipinski definition) is 1. The maximum Gasteiger partial charge on any atom is 0.253 e. The number of rotatable bonds is 4. The molecule has 0 aliphatic carbocycles. The van der Waals surface area contributed by atoms with E-state index in [1.165, 1.54) is 0 Å². The maximum atomic E-state index is 12.6. The number of pyridine rings is 1. The van der Waals surface area contributed by atoms with Crippen molar-refractivity contribution in [3.05, 3.63) is 29.6 Å². The number of likely N-dealkylation sites (tertiary alicyclic amines) is 1. The van der Waals surface area contributed by atoms with Crippen LogP contribution in [0.2, 0.25) is 0 Å². The molecule has 0 unspecified atom stereocenters. The summed E-state index contributed by atoms with van der Waals surface area (Å²) in [6.07, 6.45) is 3.73. The maximum absolute atomic E-state index is 12.6. The van der Waals surface area contributed by atoms with Gasteiger partial charge >= 0.3 is 0 Å². The minimum Gasteiger partial charge on any atom is -0.339 e. The summed E-state index contributed by atoms with van der Waals surface area (Å²) < 4.78 is 0. The van der Waals surface area contributed by atoms with Gasteiger partial charge in [-0.2, -0.15) is 0 Å². The molecule has 1 amide bonds. The number of carbonyl (C=O) groups is 1. The molecule has 2 N–H and O–H groups in total. The van der Waals surface area contributed by atoms with Gasteiger partial charge in [0.1, 0.15) is 0 Å². The minimum atomic E-state index is 0. The third-order valence-corrected chi connectivity index (χ3v) is 4.37. The first kappa shape index (κ1) is 22.1. The SMILES string of the molecule is CC(C)N1CCC(N(C)C(=O)c2ccnc(CN)c2)CC1.Cl.Cl. The molecule has 7 heteroatoms. The first-order valence-electron chi connectivity index (χ1n) is 7.69. The molecule has 0 aromatic carbocycles. The second-order valence-corrected chi connectivity index (χ2v) is 6.02. The van der Waals surface area contributed by atoms with E-state index in [0.29, 0.717) is 24.2 Å². The summed E-state index contributed by atoms with van der Waals surface area (Å²) in [5, 5.41) is 0. The topological polar surface area (TPSA) is 62.5 Å². The fourth-order valence-corrected chi connectivity index (χ4v) is 2.88. The van der Waals surface area contributed by atoms with Gasteiger partial charge in [-0.15, -0.1) is 24.8 Å². The lowest BCUT2D eigenvalue weighted by molar-refractivity contribution is 0.0615. The zero-order valence-electron chi connectivity index (χ0n) is 14.1. The first-order valence-corrected chi connectivity index (χ1v) is 7.69. The van der Waals surface area contributed by atoms with Crippen LogP contribution in [0.3, 0.4) is 0 Å². The van der Waals surface area contributed by atoms with Gasteiger partial charge in [-0.1, -0.05) is 0 Å². The van der Waals surface area contributed by atoms with Gasteiger partial charge in [-0.3, -0.25) is 9.78 Å². The number of amides is 1. The Hall–Kier alpha value is -0.880. The van der Waals surface area contributed by atoms with Crippen LogP contribution in [0, 0.1) is 0 Å². The lowest BCUT2D eigenvalue weighted by Gasteiger charge is -2.38. The van der Waals surface area contributed by atoms with Gasteiger partial charge in [0.05, 0.1) is 5.69 Å². The quantitative estimate of drug-likeness (QED) is 0.892. The number of nitrogens with two attached hydrogens (primary N) is 1. The normalized spacial score (nSPS) is 15.7. The molecule has 1 aromatic rings. The molecular formula is C16H28Cl2N4O. The largest absolute Gasteiger partial charge is 0.339 e. The summed E-state index contributed by atoms with van der Waals surface area (Å²) in [6.45, 7) is 6.92. The van der Waals surface area contributed by atoms with Gasteiger partial charge in [0.25, 0.3) is 5.91 Å². The molecule has 2 heterocycles. The molecule has 132 valence electrons. The van der Waals surface area contributed by atoms with Crippen molar-refractivity contribution >= 4 is 30.7 Å². The van der Waals surface area contributed by atoms with Gasteiger partial charge in [0, 0.05) is 50.5 Å². The fraction of sp³-hybridized carbons (Fsp3) is 0.625. The fourth-order valence-electron chi connectivity index (χ4n) is 2.88. The zero-order chi connectivity index (χ0) is 15.4. The van der Waals surface area contributed by atoms with Gasteiger partial charge in [0.2, 0.25) is 0 Å². The summed E-state index contributed by atoms with van der Waals surface area (Å²) in [6, 6.07) is 4.46. The zero-order valence-corrected chi connectivity index (χ0v) is 15.7. The monoisotopic (exact) mass is 362 g/mol. The molecule has 1 aliphatic heterocycles. The van der Waals surface area contributed by atoms with Crippen molar-refractivity contribution in [1.29, 1.82) is 0 Å². The lowest BCUT2D eigenvalue weighted by atomic mass is 10.0. The van der Waals surface area contributed by atoms with Crippen LogP contribution < -0.4 is 5.73 Å². The minimum absolute atomic E-state index is 0. The molecule has 5 nitrogen and oxygen atoms in total. The summed E-state index contributed by atoms with van der Waals surface area (Å²) in [7, 11) is 1.90. The Kier molecular flexibility index (Phi) is 9.70. The van der Waals surface area contributed by atoms with Crippen molar-refractivity contribution < 1.29 is 4.79 Å². The first-order chi connectivity index (χ1) is 10.0. The van der Waals surface area contributed by atoms with Gasteiger partial charge < -0.3 is 15.5 Å². The van der Waals surface area contributed by atoms with E-state index in [1.54, 1.807) is 18.3 Å². The van der Waals surface area contributed by atoms with Crippen LogP contribution in [0.25, 0.3) is 0 Å². The van der Waals surface area contributed by atoms with Crippen molar-refractivity contribution in [1.82, 2.24) is 14.8 Å². The van der Waals surface area contributed by atoms with E-state index in [0.717, 1.165) is 31.6 Å². The second-order valence-electron chi connectivity index (χ2n) is 6.02. The molecule has 0 atom stereocenters. The smallest absolute Gasteiger partial charge is 0.253 e. The molecule has 0 spiro atoms. The number of halogens is 2. The predicted molar refractivity (Wildman–Crippen MR) is 98.4 cm³/mol. The van der Waals surface area contributed by atoms with E-state index in [9.17, 15) is 4.79 Å². The molecule has 1 saturated heterocycles. The third kappa shape index (κ3) is 5.60. The summed E-state index contributed by atoms with van der Waals surface area (Å²) in [5.74, 6) is 0.0649. The number of hydrogen-bond acceptors (Lipinski definition) is 4. The van der Waals surface area contributed by atoms with Crippen LogP contribution in [0.5, 0.6) is 0 Å². The van der Waals surface area contributed by atoms with Crippen LogP contribution in [0.4, 0.5) is 0 Å². The second kappa shape index (κ2) is 10.1. The highest BCUT2D eigenvalue weighted by Gasteiger charge is 2.26. The molecule has 2 rings (SSSR count). The number of carbonyl (C=O) groups excluding carboxylic acids is 1. The van der Waals surface area contributed by atoms with Crippen molar-refractivity contribution in [2.75, 3.05) is 20.1 Å². The highest BCUT2D eigenvalue weighted by Crippen LogP contribution is 2.19. The van der Waals surface area contributed by atoms with Crippen molar-refractivity contribution in [3.63, 3.8) is 0 Å². The van der Waals surface area contributed by atoms with Gasteiger partial charge in [-0.25, -0.2) is 0 Å². The van der Waals surface area contributed by atoms with E-state index >= 15 is 0 Å². The highest BCUT2D eigenvalue weighted by molar-refractivity contribution is 5.94. The standard InChI is InChI=1S/C16H26N4O.2ClH/c1-12(2)20-8-5-15(6-9-20)19(3)16(21)13-4-7-18-14(10-13)11-17;;/h4,7,10,12,15H,5-6,8-9,11,17H2,1-3H3;2*1H. The van der Waals surface area contributed by atoms with Crippen LogP contribution in [0.1, 0.15) is 42.7 Å². The van der Waals surface area contributed by atoms with Crippen LogP contribution in [-0.4, -0.2) is 52.9 Å². The Morgan fingerprint density at radius 3 is 2.52 bits per heavy atom. The third-order valence-electron chi connectivity index (χ3n) is 4.37. The average Bonchev–Trinajstić information content (AvgIpc) is 2.53. The number of nitrogens with zero attached hydrogens (tertiary/aromatic N) is 3. The van der Waals surface area contributed by atoms with Gasteiger partial charge in [-0.05, 0) is 38.8 Å². The lowest BCUT2D eigenvalue weighted by Crippen LogP contribution is -2.47. The van der Waals surface area contributed by atoms with Crippen LogP contribution in [0.15, 0.2) is 18.3 Å². The van der Waals surface area contributed by atoms with E-state index in [4.69, 9.17) is 5.73 Å². The molecule has 1 aliphatic rings. The van der Waals surface area contributed by atoms with Crippen LogP contribution >= 0.6 is 24.8 Å².